The number of guanidine groups is 1. The Morgan fingerprint density at radius 1 is 1.53 bits per heavy atom. The maximum Gasteiger partial charge on any atom is 0.413 e. The maximum atomic E-state index is 12.9. The van der Waals surface area contributed by atoms with Gasteiger partial charge in [-0.1, -0.05) is 12.1 Å². The number of hydrogen-bond acceptors (Lipinski definition) is 4. The minimum atomic E-state index is -0.521. The van der Waals surface area contributed by atoms with Crippen molar-refractivity contribution >= 4 is 12.1 Å². The van der Waals surface area contributed by atoms with Crippen LogP contribution in [-0.4, -0.2) is 37.2 Å². The summed E-state index contributed by atoms with van der Waals surface area (Å²) >= 11 is 0. The van der Waals surface area contributed by atoms with Crippen LogP contribution in [0.1, 0.15) is 18.5 Å². The fourth-order valence-corrected chi connectivity index (χ4v) is 1.88. The van der Waals surface area contributed by atoms with Gasteiger partial charge in [0.05, 0.1) is 12.6 Å². The van der Waals surface area contributed by atoms with Gasteiger partial charge in [-0.3, -0.25) is 5.32 Å². The summed E-state index contributed by atoms with van der Waals surface area (Å²) < 4.78 is 17.7. The Kier molecular flexibility index (Phi) is 3.99. The van der Waals surface area contributed by atoms with Gasteiger partial charge in [-0.15, -0.1) is 0 Å². The third kappa shape index (κ3) is 3.21. The van der Waals surface area contributed by atoms with Crippen molar-refractivity contribution in [2.75, 3.05) is 20.2 Å². The normalized spacial score (nSPS) is 18.2. The number of nitrogens with zero attached hydrogens (tertiary/aromatic N) is 2. The Balaban J connectivity index is 2.07. The number of rotatable bonds is 2. The second-order valence-corrected chi connectivity index (χ2v) is 4.25. The lowest BCUT2D eigenvalue weighted by molar-refractivity contribution is 0.157. The molecular formula is C13H16FN3O2. The number of ether oxygens (including phenoxy) is 1. The molecule has 1 aliphatic rings. The SMILES string of the molecule is CCOC(=O)NC1=NC(c2ccc(F)cc2)CN1C. The zero-order valence-corrected chi connectivity index (χ0v) is 10.9. The molecule has 0 aliphatic carbocycles. The summed E-state index contributed by atoms with van der Waals surface area (Å²) in [6.07, 6.45) is -0.521. The highest BCUT2D eigenvalue weighted by Crippen LogP contribution is 2.23. The lowest BCUT2D eigenvalue weighted by Gasteiger charge is -2.14. The first-order valence-corrected chi connectivity index (χ1v) is 6.08. The molecule has 0 saturated heterocycles. The van der Waals surface area contributed by atoms with E-state index in [1.54, 1.807) is 19.1 Å². The van der Waals surface area contributed by atoms with Gasteiger partial charge >= 0.3 is 6.09 Å². The summed E-state index contributed by atoms with van der Waals surface area (Å²) in [5.74, 6) is 0.191. The monoisotopic (exact) mass is 265 g/mol. The maximum absolute atomic E-state index is 12.9. The number of benzene rings is 1. The van der Waals surface area contributed by atoms with Crippen molar-refractivity contribution in [1.29, 1.82) is 0 Å². The van der Waals surface area contributed by atoms with Gasteiger partial charge in [0.2, 0.25) is 5.96 Å². The fourth-order valence-electron chi connectivity index (χ4n) is 1.88. The van der Waals surface area contributed by atoms with Crippen LogP contribution in [0.15, 0.2) is 29.3 Å². The molecule has 1 aromatic rings. The molecule has 0 aromatic heterocycles. The number of hydrogen-bond donors (Lipinski definition) is 1. The number of carbonyl (C=O) groups is 1. The van der Waals surface area contributed by atoms with E-state index >= 15 is 0 Å². The molecule has 1 amide bonds. The number of carbonyl (C=O) groups excluding carboxylic acids is 1. The number of nitrogens with one attached hydrogen (secondary N) is 1. The van der Waals surface area contributed by atoms with Crippen LogP contribution in [0.4, 0.5) is 9.18 Å². The molecule has 1 heterocycles. The molecule has 19 heavy (non-hydrogen) atoms. The molecule has 1 aliphatic heterocycles. The molecule has 0 radical (unpaired) electrons. The Morgan fingerprint density at radius 3 is 2.84 bits per heavy atom. The first-order chi connectivity index (χ1) is 9.10. The number of likely N-dealkylation sites (N-methyl/N-ethyl adjacent to an activating group) is 1. The Hall–Kier alpha value is -2.11. The van der Waals surface area contributed by atoms with Crippen molar-refractivity contribution in [2.24, 2.45) is 4.99 Å². The fraction of sp³-hybridized carbons (Fsp3) is 0.385. The molecule has 2 rings (SSSR count). The zero-order chi connectivity index (χ0) is 13.8. The highest BCUT2D eigenvalue weighted by atomic mass is 19.1. The minimum absolute atomic E-state index is 0.109. The van der Waals surface area contributed by atoms with Crippen LogP contribution >= 0.6 is 0 Å². The average Bonchev–Trinajstić information content (AvgIpc) is 2.72. The van der Waals surface area contributed by atoms with E-state index in [2.05, 4.69) is 10.3 Å². The molecule has 0 bridgehead atoms. The average molecular weight is 265 g/mol. The number of halogens is 1. The predicted molar refractivity (Wildman–Crippen MR) is 69.4 cm³/mol. The highest BCUT2D eigenvalue weighted by molar-refractivity contribution is 5.94. The van der Waals surface area contributed by atoms with Crippen LogP contribution in [0, 0.1) is 5.82 Å². The largest absolute Gasteiger partial charge is 0.450 e. The molecule has 0 fully saturated rings. The van der Waals surface area contributed by atoms with Crippen molar-refractivity contribution in [3.05, 3.63) is 35.6 Å². The van der Waals surface area contributed by atoms with Crippen LogP contribution in [0.25, 0.3) is 0 Å². The van der Waals surface area contributed by atoms with Crippen LogP contribution in [0.3, 0.4) is 0 Å². The summed E-state index contributed by atoms with van der Waals surface area (Å²) in [7, 11) is 1.83. The van der Waals surface area contributed by atoms with Gasteiger partial charge in [-0.05, 0) is 24.6 Å². The topological polar surface area (TPSA) is 53.9 Å². The predicted octanol–water partition coefficient (Wildman–Crippen LogP) is 1.91. The van der Waals surface area contributed by atoms with E-state index in [1.165, 1.54) is 12.1 Å². The quantitative estimate of drug-likeness (QED) is 0.888. The van der Waals surface area contributed by atoms with Gasteiger partial charge in [0.15, 0.2) is 0 Å². The Morgan fingerprint density at radius 2 is 2.21 bits per heavy atom. The summed E-state index contributed by atoms with van der Waals surface area (Å²) in [4.78, 5) is 17.6. The lowest BCUT2D eigenvalue weighted by Crippen LogP contribution is -2.39. The van der Waals surface area contributed by atoms with E-state index < -0.39 is 6.09 Å². The van der Waals surface area contributed by atoms with E-state index in [0.29, 0.717) is 19.1 Å². The first kappa shape index (κ1) is 13.3. The van der Waals surface area contributed by atoms with E-state index in [0.717, 1.165) is 5.56 Å². The smallest absolute Gasteiger partial charge is 0.413 e. The van der Waals surface area contributed by atoms with Crippen LogP contribution < -0.4 is 5.32 Å². The van der Waals surface area contributed by atoms with Crippen molar-refractivity contribution in [3.63, 3.8) is 0 Å². The summed E-state index contributed by atoms with van der Waals surface area (Å²) in [5.41, 5.74) is 0.911. The minimum Gasteiger partial charge on any atom is -0.450 e. The third-order valence-electron chi connectivity index (χ3n) is 2.83. The lowest BCUT2D eigenvalue weighted by atomic mass is 10.1. The Bertz CT molecular complexity index is 487. The molecule has 6 heteroatoms. The second-order valence-electron chi connectivity index (χ2n) is 4.25. The first-order valence-electron chi connectivity index (χ1n) is 6.08. The van der Waals surface area contributed by atoms with Gasteiger partial charge in [-0.25, -0.2) is 14.2 Å². The van der Waals surface area contributed by atoms with Crippen molar-refractivity contribution < 1.29 is 13.9 Å². The highest BCUT2D eigenvalue weighted by Gasteiger charge is 2.25. The van der Waals surface area contributed by atoms with Gasteiger partial charge in [-0.2, -0.15) is 0 Å². The molecule has 1 atom stereocenters. The van der Waals surface area contributed by atoms with E-state index in [4.69, 9.17) is 4.74 Å². The van der Waals surface area contributed by atoms with Gasteiger partial charge < -0.3 is 9.64 Å². The van der Waals surface area contributed by atoms with Gasteiger partial charge in [0.1, 0.15) is 5.82 Å². The summed E-state index contributed by atoms with van der Waals surface area (Å²) in [6.45, 7) is 2.68. The van der Waals surface area contributed by atoms with E-state index in [9.17, 15) is 9.18 Å². The molecular weight excluding hydrogens is 249 g/mol. The van der Waals surface area contributed by atoms with Gasteiger partial charge in [0.25, 0.3) is 0 Å². The van der Waals surface area contributed by atoms with E-state index in [1.807, 2.05) is 11.9 Å². The number of aliphatic imine (C=N–C) groups is 1. The molecule has 1 N–H and O–H groups in total. The Labute approximate surface area is 111 Å². The van der Waals surface area contributed by atoms with Crippen molar-refractivity contribution in [1.82, 2.24) is 10.2 Å². The van der Waals surface area contributed by atoms with Crippen LogP contribution in [-0.2, 0) is 4.74 Å². The molecule has 1 unspecified atom stereocenters. The number of alkyl carbamates (subject to hydrolysis) is 1. The molecule has 102 valence electrons. The molecule has 5 nitrogen and oxygen atoms in total. The van der Waals surface area contributed by atoms with Crippen molar-refractivity contribution in [2.45, 2.75) is 13.0 Å². The summed E-state index contributed by atoms with van der Waals surface area (Å²) in [6, 6.07) is 6.10. The van der Waals surface area contributed by atoms with E-state index in [-0.39, 0.29) is 11.9 Å². The zero-order valence-electron chi connectivity index (χ0n) is 10.9. The third-order valence-corrected chi connectivity index (χ3v) is 2.83. The summed E-state index contributed by atoms with van der Waals surface area (Å²) in [5, 5.41) is 2.58. The molecule has 1 aromatic carbocycles. The van der Waals surface area contributed by atoms with Gasteiger partial charge in [0, 0.05) is 13.6 Å². The standard InChI is InChI=1S/C13H16FN3O2/c1-3-19-13(18)16-12-15-11(8-17(12)2)9-4-6-10(14)7-5-9/h4-7,11H,3,8H2,1-2H3,(H,15,16,18). The van der Waals surface area contributed by atoms with Crippen LogP contribution in [0.5, 0.6) is 0 Å². The van der Waals surface area contributed by atoms with Crippen LogP contribution in [0.2, 0.25) is 0 Å². The second kappa shape index (κ2) is 5.69. The van der Waals surface area contributed by atoms with Crippen molar-refractivity contribution in [3.8, 4) is 0 Å². The molecule has 0 saturated carbocycles. The number of amides is 1. The molecule has 0 spiro atoms.